The van der Waals surface area contributed by atoms with Gasteiger partial charge in [-0.1, -0.05) is 63.4 Å². The highest BCUT2D eigenvalue weighted by Gasteiger charge is 2.15. The van der Waals surface area contributed by atoms with Gasteiger partial charge in [0, 0.05) is 47.0 Å². The Labute approximate surface area is 220 Å². The number of hydrogen-bond donors (Lipinski definition) is 2. The maximum absolute atomic E-state index is 6.34. The maximum atomic E-state index is 6.34. The van der Waals surface area contributed by atoms with Gasteiger partial charge in [-0.25, -0.2) is 0 Å². The van der Waals surface area contributed by atoms with Gasteiger partial charge in [0.05, 0.1) is 17.6 Å². The molecule has 0 unspecified atom stereocenters. The number of aromatic nitrogens is 2. The molecule has 37 heavy (non-hydrogen) atoms. The first-order valence-corrected chi connectivity index (χ1v) is 12.8. The minimum Gasteiger partial charge on any atom is -0.398 e. The first-order chi connectivity index (χ1) is 18.1. The fourth-order valence-corrected chi connectivity index (χ4v) is 4.19. The van der Waals surface area contributed by atoms with Crippen LogP contribution in [0.1, 0.15) is 31.4 Å². The highest BCUT2D eigenvalue weighted by Crippen LogP contribution is 2.31. The first-order valence-electron chi connectivity index (χ1n) is 12.8. The number of hydrogen-bond acceptors (Lipinski definition) is 5. The zero-order valence-corrected chi connectivity index (χ0v) is 21.7. The summed E-state index contributed by atoms with van der Waals surface area (Å²) in [5, 5.41) is 3.32. The summed E-state index contributed by atoms with van der Waals surface area (Å²) in [6.07, 6.45) is 6.92. The van der Waals surface area contributed by atoms with Crippen molar-refractivity contribution in [3.05, 3.63) is 115 Å². The van der Waals surface area contributed by atoms with Crippen LogP contribution in [-0.2, 0) is 6.54 Å². The summed E-state index contributed by atoms with van der Waals surface area (Å²) < 4.78 is 0. The molecule has 3 heterocycles. The van der Waals surface area contributed by atoms with Crippen LogP contribution in [0, 0.1) is 0 Å². The zero-order chi connectivity index (χ0) is 26.2. The first kappa shape index (κ1) is 25.9. The van der Waals surface area contributed by atoms with E-state index in [-0.39, 0.29) is 0 Å². The Bertz CT molecular complexity index is 1360. The van der Waals surface area contributed by atoms with Crippen LogP contribution in [0.5, 0.6) is 0 Å². The number of anilines is 2. The molecule has 4 aromatic rings. The number of benzene rings is 2. The molecule has 5 nitrogen and oxygen atoms in total. The Hall–Kier alpha value is -4.22. The number of likely N-dealkylation sites (tertiary alicyclic amines) is 1. The van der Waals surface area contributed by atoms with Gasteiger partial charge in [0.1, 0.15) is 0 Å². The molecule has 5 heteroatoms. The summed E-state index contributed by atoms with van der Waals surface area (Å²) in [4.78, 5) is 11.5. The van der Waals surface area contributed by atoms with E-state index >= 15 is 0 Å². The summed E-state index contributed by atoms with van der Waals surface area (Å²) in [6.45, 7) is 15.7. The van der Waals surface area contributed by atoms with Crippen LogP contribution in [-0.4, -0.2) is 28.0 Å². The third-order valence-corrected chi connectivity index (χ3v) is 6.35. The molecule has 3 N–H and O–H groups in total. The summed E-state index contributed by atoms with van der Waals surface area (Å²) >= 11 is 0. The summed E-state index contributed by atoms with van der Waals surface area (Å²) in [6, 6.07) is 22.3. The standard InChI is InChI=1S/C30H29N5.C2H6/c1-21(22(2)34-27-10-12-30(33-19-27)24-7-4-3-5-8-24)28-16-25(9-11-29(28)31)26-15-23(17-32-18-26)20-35-13-6-14-35;1-2/h3-5,7-12,15-19,34H,1-2,6,13-14,20,31H2;1-2H3. The van der Waals surface area contributed by atoms with E-state index in [1.807, 2.05) is 80.8 Å². The van der Waals surface area contributed by atoms with Crippen molar-refractivity contribution in [2.45, 2.75) is 26.8 Å². The van der Waals surface area contributed by atoms with Crippen molar-refractivity contribution < 1.29 is 0 Å². The monoisotopic (exact) mass is 489 g/mol. The average molecular weight is 490 g/mol. The molecular formula is C32H35N5. The normalized spacial score (nSPS) is 12.6. The van der Waals surface area contributed by atoms with Gasteiger partial charge in [0.15, 0.2) is 0 Å². The Morgan fingerprint density at radius 1 is 0.892 bits per heavy atom. The van der Waals surface area contributed by atoms with Crippen LogP contribution in [0.3, 0.4) is 0 Å². The molecule has 1 aliphatic rings. The van der Waals surface area contributed by atoms with Crippen molar-refractivity contribution in [2.24, 2.45) is 0 Å². The van der Waals surface area contributed by atoms with Gasteiger partial charge >= 0.3 is 0 Å². The van der Waals surface area contributed by atoms with Gasteiger partial charge in [-0.15, -0.1) is 0 Å². The van der Waals surface area contributed by atoms with Gasteiger partial charge in [0.25, 0.3) is 0 Å². The summed E-state index contributed by atoms with van der Waals surface area (Å²) in [5.74, 6) is 0. The van der Waals surface area contributed by atoms with E-state index in [9.17, 15) is 0 Å². The van der Waals surface area contributed by atoms with Crippen LogP contribution in [0.4, 0.5) is 11.4 Å². The van der Waals surface area contributed by atoms with E-state index in [0.717, 1.165) is 58.8 Å². The lowest BCUT2D eigenvalue weighted by atomic mass is 9.97. The SMILES string of the molecule is C=C(Nc1ccc(-c2ccccc2)nc1)C(=C)c1cc(-c2cncc(CN3CCC3)c2)ccc1N.CC. The lowest BCUT2D eigenvalue weighted by molar-refractivity contribution is 0.172. The number of nitrogen functional groups attached to an aromatic ring is 1. The Balaban J connectivity index is 0.00000156. The average Bonchev–Trinajstić information content (AvgIpc) is 2.93. The van der Waals surface area contributed by atoms with E-state index in [4.69, 9.17) is 5.73 Å². The molecule has 2 aromatic heterocycles. The minimum absolute atomic E-state index is 0.656. The van der Waals surface area contributed by atoms with Crippen LogP contribution >= 0.6 is 0 Å². The largest absolute Gasteiger partial charge is 0.398 e. The number of rotatable bonds is 8. The van der Waals surface area contributed by atoms with Crippen molar-refractivity contribution in [3.63, 3.8) is 0 Å². The van der Waals surface area contributed by atoms with Crippen LogP contribution in [0.25, 0.3) is 28.0 Å². The van der Waals surface area contributed by atoms with Crippen molar-refractivity contribution in [2.75, 3.05) is 24.1 Å². The minimum atomic E-state index is 0.656. The molecular weight excluding hydrogens is 454 g/mol. The maximum Gasteiger partial charge on any atom is 0.0703 e. The van der Waals surface area contributed by atoms with Gasteiger partial charge in [-0.2, -0.15) is 0 Å². The molecule has 2 aromatic carbocycles. The third-order valence-electron chi connectivity index (χ3n) is 6.35. The second-order valence-corrected chi connectivity index (χ2v) is 8.89. The molecule has 1 aliphatic heterocycles. The number of nitrogens with two attached hydrogens (primary N) is 1. The zero-order valence-electron chi connectivity index (χ0n) is 21.7. The van der Waals surface area contributed by atoms with Crippen LogP contribution < -0.4 is 11.1 Å². The molecule has 0 saturated carbocycles. The molecule has 0 radical (unpaired) electrons. The van der Waals surface area contributed by atoms with E-state index in [1.165, 1.54) is 12.0 Å². The molecule has 1 saturated heterocycles. The number of nitrogens with one attached hydrogen (secondary N) is 1. The van der Waals surface area contributed by atoms with E-state index < -0.39 is 0 Å². The van der Waals surface area contributed by atoms with Gasteiger partial charge in [-0.3, -0.25) is 14.9 Å². The molecule has 0 aliphatic carbocycles. The number of pyridine rings is 2. The highest BCUT2D eigenvalue weighted by molar-refractivity contribution is 5.88. The second kappa shape index (κ2) is 12.2. The lowest BCUT2D eigenvalue weighted by Crippen LogP contribution is -2.36. The molecule has 0 spiro atoms. The topological polar surface area (TPSA) is 67.1 Å². The summed E-state index contributed by atoms with van der Waals surface area (Å²) in [5.41, 5.74) is 15.4. The number of nitrogens with zero attached hydrogens (tertiary/aromatic N) is 3. The van der Waals surface area contributed by atoms with E-state index in [0.29, 0.717) is 11.4 Å². The van der Waals surface area contributed by atoms with Gasteiger partial charge in [-0.05, 0) is 66.5 Å². The molecule has 188 valence electrons. The highest BCUT2D eigenvalue weighted by atomic mass is 15.2. The summed E-state index contributed by atoms with van der Waals surface area (Å²) in [7, 11) is 0. The quantitative estimate of drug-likeness (QED) is 0.201. The third kappa shape index (κ3) is 6.32. The van der Waals surface area contributed by atoms with Gasteiger partial charge < -0.3 is 11.1 Å². The predicted molar refractivity (Wildman–Crippen MR) is 157 cm³/mol. The molecule has 0 bridgehead atoms. The number of allylic oxidation sites excluding steroid dienone is 1. The van der Waals surface area contributed by atoms with E-state index in [2.05, 4.69) is 45.5 Å². The van der Waals surface area contributed by atoms with Gasteiger partial charge in [0.2, 0.25) is 0 Å². The molecule has 0 atom stereocenters. The lowest BCUT2D eigenvalue weighted by Gasteiger charge is -2.30. The van der Waals surface area contributed by atoms with Crippen molar-refractivity contribution >= 4 is 16.9 Å². The Morgan fingerprint density at radius 3 is 2.35 bits per heavy atom. The van der Waals surface area contributed by atoms with Crippen molar-refractivity contribution in [1.29, 1.82) is 0 Å². The van der Waals surface area contributed by atoms with Crippen molar-refractivity contribution in [1.82, 2.24) is 14.9 Å². The second-order valence-electron chi connectivity index (χ2n) is 8.89. The molecule has 1 fully saturated rings. The molecule has 5 rings (SSSR count). The van der Waals surface area contributed by atoms with E-state index in [1.54, 1.807) is 6.20 Å². The smallest absolute Gasteiger partial charge is 0.0703 e. The fraction of sp³-hybridized carbons (Fsp3) is 0.188. The predicted octanol–water partition coefficient (Wildman–Crippen LogP) is 7.26. The molecule has 0 amide bonds. The Morgan fingerprint density at radius 2 is 1.68 bits per heavy atom. The van der Waals surface area contributed by atoms with Crippen molar-refractivity contribution in [3.8, 4) is 22.4 Å². The van der Waals surface area contributed by atoms with Crippen LogP contribution in [0.15, 0.2) is 104 Å². The van der Waals surface area contributed by atoms with Crippen LogP contribution in [0.2, 0.25) is 0 Å². The Kier molecular flexibility index (Phi) is 8.49. The fourth-order valence-electron chi connectivity index (χ4n) is 4.19.